The van der Waals surface area contributed by atoms with Gasteiger partial charge in [0.05, 0.1) is 5.75 Å². The van der Waals surface area contributed by atoms with Crippen molar-refractivity contribution in [2.75, 3.05) is 12.3 Å². The van der Waals surface area contributed by atoms with Crippen LogP contribution in [0.15, 0.2) is 0 Å². The molecule has 0 saturated heterocycles. The van der Waals surface area contributed by atoms with E-state index in [0.717, 1.165) is 4.31 Å². The Bertz CT molecular complexity index is 298. The third-order valence-electron chi connectivity index (χ3n) is 1.83. The Kier molecular flexibility index (Phi) is 5.82. The molecular formula is C9H20N2O3S. The zero-order valence-electron chi connectivity index (χ0n) is 9.56. The Balaban J connectivity index is 4.89. The summed E-state index contributed by atoms with van der Waals surface area (Å²) >= 11 is 0. The monoisotopic (exact) mass is 236 g/mol. The maximum Gasteiger partial charge on any atom is 0.237 e. The van der Waals surface area contributed by atoms with Crippen LogP contribution < -0.4 is 5.73 Å². The van der Waals surface area contributed by atoms with Crippen LogP contribution in [0.2, 0.25) is 0 Å². The minimum absolute atomic E-state index is 0.00148. The van der Waals surface area contributed by atoms with E-state index in [4.69, 9.17) is 5.73 Å². The fourth-order valence-corrected chi connectivity index (χ4v) is 3.11. The van der Waals surface area contributed by atoms with Crippen molar-refractivity contribution >= 4 is 15.9 Å². The van der Waals surface area contributed by atoms with Crippen LogP contribution in [-0.2, 0) is 14.8 Å². The fraction of sp³-hybridized carbons (Fsp3) is 0.889. The number of nitrogens with two attached hydrogens (primary N) is 1. The number of hydrogen-bond acceptors (Lipinski definition) is 4. The molecule has 5 nitrogen and oxygen atoms in total. The molecule has 0 aliphatic heterocycles. The highest BCUT2D eigenvalue weighted by Crippen LogP contribution is 2.10. The summed E-state index contributed by atoms with van der Waals surface area (Å²) in [4.78, 5) is 11.6. The molecule has 0 rings (SSSR count). The Morgan fingerprint density at radius 3 is 2.27 bits per heavy atom. The van der Waals surface area contributed by atoms with Gasteiger partial charge in [-0.15, -0.1) is 0 Å². The molecule has 0 fully saturated rings. The molecule has 0 heterocycles. The maximum absolute atomic E-state index is 11.8. The molecule has 0 aliphatic rings. The molecule has 0 saturated carbocycles. The first-order chi connectivity index (χ1) is 6.86. The Morgan fingerprint density at radius 2 is 1.93 bits per heavy atom. The summed E-state index contributed by atoms with van der Waals surface area (Å²) in [6.45, 7) is 5.30. The second-order valence-corrected chi connectivity index (χ2v) is 5.60. The normalized spacial score (nSPS) is 11.8. The fourth-order valence-electron chi connectivity index (χ4n) is 1.35. The highest BCUT2D eigenvalue weighted by molar-refractivity contribution is 7.89. The second-order valence-electron chi connectivity index (χ2n) is 3.64. The molecular weight excluding hydrogens is 216 g/mol. The van der Waals surface area contributed by atoms with Crippen molar-refractivity contribution in [2.45, 2.75) is 39.7 Å². The van der Waals surface area contributed by atoms with Crippen LogP contribution in [-0.4, -0.2) is 37.0 Å². The summed E-state index contributed by atoms with van der Waals surface area (Å²) < 4.78 is 24.5. The van der Waals surface area contributed by atoms with E-state index >= 15 is 0 Å². The lowest BCUT2D eigenvalue weighted by atomic mass is 10.3. The van der Waals surface area contributed by atoms with Gasteiger partial charge in [-0.25, -0.2) is 12.7 Å². The lowest BCUT2D eigenvalue weighted by molar-refractivity contribution is -0.127. The molecule has 0 bridgehead atoms. The van der Waals surface area contributed by atoms with Gasteiger partial charge in [0.1, 0.15) is 0 Å². The number of carbonyl (C=O) groups is 1. The van der Waals surface area contributed by atoms with Gasteiger partial charge in [0, 0.05) is 19.0 Å². The first-order valence-electron chi connectivity index (χ1n) is 5.11. The molecule has 0 spiro atoms. The molecule has 0 aromatic rings. The van der Waals surface area contributed by atoms with Gasteiger partial charge in [0.2, 0.25) is 15.9 Å². The van der Waals surface area contributed by atoms with Gasteiger partial charge < -0.3 is 5.73 Å². The van der Waals surface area contributed by atoms with Crippen LogP contribution in [0.3, 0.4) is 0 Å². The van der Waals surface area contributed by atoms with Crippen LogP contribution in [0.25, 0.3) is 0 Å². The first-order valence-corrected chi connectivity index (χ1v) is 6.72. The zero-order chi connectivity index (χ0) is 12.1. The van der Waals surface area contributed by atoms with E-state index in [1.165, 1.54) is 0 Å². The predicted octanol–water partition coefficient (Wildman–Crippen LogP) is 0.312. The molecule has 0 aliphatic carbocycles. The number of carbonyl (C=O) groups excluding carboxylic acids is 1. The van der Waals surface area contributed by atoms with Gasteiger partial charge in [0.25, 0.3) is 0 Å². The summed E-state index contributed by atoms with van der Waals surface area (Å²) in [6.07, 6.45) is 0.572. The summed E-state index contributed by atoms with van der Waals surface area (Å²) in [5.74, 6) is -0.414. The van der Waals surface area contributed by atoms with Gasteiger partial charge in [0.15, 0.2) is 0 Å². The maximum atomic E-state index is 11.8. The first kappa shape index (κ1) is 14.4. The molecule has 15 heavy (non-hydrogen) atoms. The molecule has 90 valence electrons. The number of nitrogens with zero attached hydrogens (tertiary/aromatic N) is 1. The molecule has 2 N–H and O–H groups in total. The minimum Gasteiger partial charge on any atom is -0.330 e. The van der Waals surface area contributed by atoms with E-state index in [9.17, 15) is 13.2 Å². The highest BCUT2D eigenvalue weighted by Gasteiger charge is 2.28. The van der Waals surface area contributed by atoms with Crippen LogP contribution >= 0.6 is 0 Å². The number of rotatable bonds is 6. The average molecular weight is 236 g/mol. The lowest BCUT2D eigenvalue weighted by Gasteiger charge is -2.25. The van der Waals surface area contributed by atoms with Crippen LogP contribution in [0, 0.1) is 0 Å². The second kappa shape index (κ2) is 6.07. The van der Waals surface area contributed by atoms with Crippen molar-refractivity contribution in [2.24, 2.45) is 5.73 Å². The molecule has 0 atom stereocenters. The van der Waals surface area contributed by atoms with Crippen LogP contribution in [0.5, 0.6) is 0 Å². The molecule has 0 radical (unpaired) electrons. The van der Waals surface area contributed by atoms with Gasteiger partial charge in [-0.2, -0.15) is 0 Å². The molecule has 6 heteroatoms. The third kappa shape index (κ3) is 4.17. The quantitative estimate of drug-likeness (QED) is 0.720. The van der Waals surface area contributed by atoms with Crippen LogP contribution in [0.1, 0.15) is 33.6 Å². The Hall–Kier alpha value is -0.620. The summed E-state index contributed by atoms with van der Waals surface area (Å²) in [5.41, 5.74) is 5.24. The third-order valence-corrected chi connectivity index (χ3v) is 3.98. The molecule has 1 amide bonds. The minimum atomic E-state index is -3.46. The standard InChI is InChI=1S/C9H20N2O3S/c1-4-7-15(13,14)11(8(2)3)9(12)5-6-10/h8H,4-7,10H2,1-3H3. The topological polar surface area (TPSA) is 80.5 Å². The van der Waals surface area contributed by atoms with Crippen molar-refractivity contribution in [3.8, 4) is 0 Å². The lowest BCUT2D eigenvalue weighted by Crippen LogP contribution is -2.43. The van der Waals surface area contributed by atoms with Crippen molar-refractivity contribution in [3.63, 3.8) is 0 Å². The van der Waals surface area contributed by atoms with Crippen LogP contribution in [0.4, 0.5) is 0 Å². The number of sulfonamides is 1. The smallest absolute Gasteiger partial charge is 0.237 e. The Morgan fingerprint density at radius 1 is 1.40 bits per heavy atom. The van der Waals surface area contributed by atoms with E-state index < -0.39 is 15.9 Å². The SMILES string of the molecule is CCCS(=O)(=O)N(C(=O)CCN)C(C)C. The van der Waals surface area contributed by atoms with Crippen molar-refractivity contribution < 1.29 is 13.2 Å². The van der Waals surface area contributed by atoms with Crippen molar-refractivity contribution in [1.82, 2.24) is 4.31 Å². The van der Waals surface area contributed by atoms with E-state index in [1.807, 2.05) is 0 Å². The highest BCUT2D eigenvalue weighted by atomic mass is 32.2. The number of amides is 1. The van der Waals surface area contributed by atoms with Gasteiger partial charge in [-0.1, -0.05) is 6.92 Å². The van der Waals surface area contributed by atoms with Gasteiger partial charge in [-0.05, 0) is 20.3 Å². The van der Waals surface area contributed by atoms with E-state index in [2.05, 4.69) is 0 Å². The predicted molar refractivity (Wildman–Crippen MR) is 59.7 cm³/mol. The van der Waals surface area contributed by atoms with Crippen molar-refractivity contribution in [1.29, 1.82) is 0 Å². The van der Waals surface area contributed by atoms with Gasteiger partial charge >= 0.3 is 0 Å². The van der Waals surface area contributed by atoms with E-state index in [-0.39, 0.29) is 24.8 Å². The Labute approximate surface area is 91.7 Å². The molecule has 0 aromatic carbocycles. The van der Waals surface area contributed by atoms with E-state index in [0.29, 0.717) is 6.42 Å². The molecule has 0 aromatic heterocycles. The van der Waals surface area contributed by atoms with Gasteiger partial charge in [-0.3, -0.25) is 4.79 Å². The number of hydrogen-bond donors (Lipinski definition) is 1. The zero-order valence-corrected chi connectivity index (χ0v) is 10.4. The summed E-state index contributed by atoms with van der Waals surface area (Å²) in [5, 5.41) is 0. The van der Waals surface area contributed by atoms with E-state index in [1.54, 1.807) is 20.8 Å². The largest absolute Gasteiger partial charge is 0.330 e. The summed E-state index contributed by atoms with van der Waals surface area (Å²) in [6, 6.07) is -0.347. The van der Waals surface area contributed by atoms with Crippen molar-refractivity contribution in [3.05, 3.63) is 0 Å². The average Bonchev–Trinajstić information content (AvgIpc) is 2.02. The molecule has 0 unspecified atom stereocenters. The summed E-state index contributed by atoms with van der Waals surface area (Å²) in [7, 11) is -3.46.